The fourth-order valence-electron chi connectivity index (χ4n) is 2.35. The number of nitrogens with zero attached hydrogens (tertiary/aromatic N) is 3. The number of benzene rings is 1. The van der Waals surface area contributed by atoms with Crippen LogP contribution in [0.25, 0.3) is 0 Å². The lowest BCUT2D eigenvalue weighted by Crippen LogP contribution is -2.33. The molecule has 1 heterocycles. The predicted octanol–water partition coefficient (Wildman–Crippen LogP) is 2.56. The molecule has 2 aromatic rings. The molecule has 0 aliphatic carbocycles. The molecule has 0 unspecified atom stereocenters. The zero-order valence-electron chi connectivity index (χ0n) is 14.2. The highest BCUT2D eigenvalue weighted by molar-refractivity contribution is 7.99. The molecular formula is C18H24N4OS. The molecular weight excluding hydrogens is 320 g/mol. The van der Waals surface area contributed by atoms with Crippen LogP contribution in [-0.4, -0.2) is 39.6 Å². The fraction of sp³-hybridized carbons (Fsp3) is 0.389. The van der Waals surface area contributed by atoms with E-state index >= 15 is 0 Å². The number of thioether (sulfide) groups is 1. The topological polar surface area (TPSA) is 72.1 Å². The molecule has 0 aliphatic rings. The summed E-state index contributed by atoms with van der Waals surface area (Å²) in [7, 11) is 0. The van der Waals surface area contributed by atoms with E-state index in [0.29, 0.717) is 30.5 Å². The summed E-state index contributed by atoms with van der Waals surface area (Å²) < 4.78 is 0. The van der Waals surface area contributed by atoms with Crippen LogP contribution in [0.1, 0.15) is 23.4 Å². The number of aryl methyl sites for hydroxylation is 2. The summed E-state index contributed by atoms with van der Waals surface area (Å²) in [5.74, 6) is 0.417. The number of aromatic nitrogens is 2. The van der Waals surface area contributed by atoms with Gasteiger partial charge in [0.25, 0.3) is 0 Å². The van der Waals surface area contributed by atoms with Crippen molar-refractivity contribution in [1.82, 2.24) is 14.9 Å². The Hall–Kier alpha value is -1.92. The van der Waals surface area contributed by atoms with Crippen LogP contribution >= 0.6 is 11.8 Å². The Kier molecular flexibility index (Phi) is 7.21. The van der Waals surface area contributed by atoms with Crippen molar-refractivity contribution in [2.75, 3.05) is 18.8 Å². The van der Waals surface area contributed by atoms with E-state index in [1.807, 2.05) is 55.1 Å². The van der Waals surface area contributed by atoms with Crippen molar-refractivity contribution in [2.45, 2.75) is 32.0 Å². The molecule has 0 fully saturated rings. The van der Waals surface area contributed by atoms with Gasteiger partial charge in [-0.2, -0.15) is 0 Å². The Morgan fingerprint density at radius 1 is 1.17 bits per heavy atom. The third kappa shape index (κ3) is 5.94. The molecule has 0 bridgehead atoms. The van der Waals surface area contributed by atoms with Crippen molar-refractivity contribution in [1.29, 1.82) is 0 Å². The van der Waals surface area contributed by atoms with E-state index in [2.05, 4.69) is 9.97 Å². The summed E-state index contributed by atoms with van der Waals surface area (Å²) in [4.78, 5) is 23.2. The highest BCUT2D eigenvalue weighted by Gasteiger charge is 2.15. The molecule has 0 radical (unpaired) electrons. The average molecular weight is 344 g/mol. The van der Waals surface area contributed by atoms with Gasteiger partial charge in [-0.3, -0.25) is 4.79 Å². The van der Waals surface area contributed by atoms with Crippen LogP contribution in [-0.2, 0) is 11.3 Å². The largest absolute Gasteiger partial charge is 0.338 e. The monoisotopic (exact) mass is 344 g/mol. The van der Waals surface area contributed by atoms with Gasteiger partial charge in [-0.05, 0) is 38.4 Å². The van der Waals surface area contributed by atoms with Crippen LogP contribution in [0.5, 0.6) is 0 Å². The zero-order chi connectivity index (χ0) is 17.4. The molecule has 5 nitrogen and oxygen atoms in total. The minimum atomic E-state index is 0.0834. The van der Waals surface area contributed by atoms with Crippen LogP contribution in [0, 0.1) is 13.8 Å². The lowest BCUT2D eigenvalue weighted by atomic mass is 10.2. The van der Waals surface area contributed by atoms with Gasteiger partial charge in [0.15, 0.2) is 5.16 Å². The van der Waals surface area contributed by atoms with Gasteiger partial charge in [-0.25, -0.2) is 9.97 Å². The minimum Gasteiger partial charge on any atom is -0.338 e. The van der Waals surface area contributed by atoms with Gasteiger partial charge in [0.2, 0.25) is 5.91 Å². The molecule has 1 aromatic carbocycles. The minimum absolute atomic E-state index is 0.0834. The van der Waals surface area contributed by atoms with Crippen molar-refractivity contribution in [3.63, 3.8) is 0 Å². The second-order valence-electron chi connectivity index (χ2n) is 5.67. The van der Waals surface area contributed by atoms with E-state index in [1.165, 1.54) is 11.8 Å². The first-order valence-corrected chi connectivity index (χ1v) is 9.04. The molecule has 6 heteroatoms. The Balaban J connectivity index is 1.98. The molecule has 0 saturated carbocycles. The number of nitrogens with two attached hydrogens (primary N) is 1. The zero-order valence-corrected chi connectivity index (χ0v) is 15.1. The number of rotatable bonds is 8. The summed E-state index contributed by atoms with van der Waals surface area (Å²) >= 11 is 1.38. The number of amides is 1. The maximum Gasteiger partial charge on any atom is 0.233 e. The quantitative estimate of drug-likeness (QED) is 0.588. The fourth-order valence-corrected chi connectivity index (χ4v) is 3.21. The molecule has 0 atom stereocenters. The summed E-state index contributed by atoms with van der Waals surface area (Å²) in [5, 5.41) is 0.652. The first kappa shape index (κ1) is 18.4. The SMILES string of the molecule is Cc1cc(C)nc(SCC(=O)N(CCCN)Cc2ccccc2)n1. The molecule has 128 valence electrons. The number of hydrogen-bond acceptors (Lipinski definition) is 5. The lowest BCUT2D eigenvalue weighted by Gasteiger charge is -2.22. The summed E-state index contributed by atoms with van der Waals surface area (Å²) in [5.41, 5.74) is 8.56. The van der Waals surface area contributed by atoms with E-state index in [-0.39, 0.29) is 5.91 Å². The number of hydrogen-bond donors (Lipinski definition) is 1. The smallest absolute Gasteiger partial charge is 0.233 e. The summed E-state index contributed by atoms with van der Waals surface area (Å²) in [6.07, 6.45) is 0.795. The highest BCUT2D eigenvalue weighted by atomic mass is 32.2. The van der Waals surface area contributed by atoms with Gasteiger partial charge < -0.3 is 10.6 Å². The van der Waals surface area contributed by atoms with E-state index in [9.17, 15) is 4.79 Å². The van der Waals surface area contributed by atoms with Crippen LogP contribution < -0.4 is 5.73 Å². The molecule has 0 spiro atoms. The predicted molar refractivity (Wildman–Crippen MR) is 97.8 cm³/mol. The Morgan fingerprint density at radius 3 is 2.46 bits per heavy atom. The van der Waals surface area contributed by atoms with Crippen molar-refractivity contribution in [3.05, 3.63) is 53.3 Å². The molecule has 0 aliphatic heterocycles. The molecule has 2 N–H and O–H groups in total. The van der Waals surface area contributed by atoms with Crippen molar-refractivity contribution in [3.8, 4) is 0 Å². The second-order valence-corrected chi connectivity index (χ2v) is 6.61. The van der Waals surface area contributed by atoms with E-state index in [0.717, 1.165) is 23.4 Å². The first-order valence-electron chi connectivity index (χ1n) is 8.05. The normalized spacial score (nSPS) is 10.6. The highest BCUT2D eigenvalue weighted by Crippen LogP contribution is 2.16. The summed E-state index contributed by atoms with van der Waals surface area (Å²) in [6, 6.07) is 11.9. The Morgan fingerprint density at radius 2 is 1.83 bits per heavy atom. The van der Waals surface area contributed by atoms with Gasteiger partial charge in [-0.15, -0.1) is 0 Å². The Labute approximate surface area is 147 Å². The maximum absolute atomic E-state index is 12.6. The third-order valence-electron chi connectivity index (χ3n) is 3.49. The standard InChI is InChI=1S/C18H24N4OS/c1-14-11-15(2)21-18(20-14)24-13-17(23)22(10-6-9-19)12-16-7-4-3-5-8-16/h3-5,7-8,11H,6,9-10,12-13,19H2,1-2H3. The Bertz CT molecular complexity index is 643. The summed E-state index contributed by atoms with van der Waals surface area (Å²) in [6.45, 7) is 5.71. The van der Waals surface area contributed by atoms with Gasteiger partial charge in [0, 0.05) is 24.5 Å². The van der Waals surface area contributed by atoms with Crippen LogP contribution in [0.15, 0.2) is 41.6 Å². The van der Waals surface area contributed by atoms with Crippen molar-refractivity contribution >= 4 is 17.7 Å². The van der Waals surface area contributed by atoms with E-state index in [1.54, 1.807) is 0 Å². The second kappa shape index (κ2) is 9.39. The van der Waals surface area contributed by atoms with E-state index in [4.69, 9.17) is 5.73 Å². The van der Waals surface area contributed by atoms with Gasteiger partial charge in [-0.1, -0.05) is 42.1 Å². The lowest BCUT2D eigenvalue weighted by molar-refractivity contribution is -0.129. The molecule has 1 aromatic heterocycles. The number of carbonyl (C=O) groups is 1. The first-order chi connectivity index (χ1) is 11.6. The van der Waals surface area contributed by atoms with Crippen LogP contribution in [0.2, 0.25) is 0 Å². The maximum atomic E-state index is 12.6. The van der Waals surface area contributed by atoms with Gasteiger partial charge in [0.05, 0.1) is 5.75 Å². The van der Waals surface area contributed by atoms with Crippen LogP contribution in [0.3, 0.4) is 0 Å². The van der Waals surface area contributed by atoms with Crippen molar-refractivity contribution < 1.29 is 4.79 Å². The molecule has 1 amide bonds. The van der Waals surface area contributed by atoms with Crippen LogP contribution in [0.4, 0.5) is 0 Å². The molecule has 0 saturated heterocycles. The van der Waals surface area contributed by atoms with Gasteiger partial charge >= 0.3 is 0 Å². The van der Waals surface area contributed by atoms with Crippen molar-refractivity contribution in [2.24, 2.45) is 5.73 Å². The average Bonchev–Trinajstić information content (AvgIpc) is 2.56. The number of carbonyl (C=O) groups excluding carboxylic acids is 1. The molecule has 24 heavy (non-hydrogen) atoms. The van der Waals surface area contributed by atoms with Gasteiger partial charge in [0.1, 0.15) is 0 Å². The third-order valence-corrected chi connectivity index (χ3v) is 4.32. The van der Waals surface area contributed by atoms with E-state index < -0.39 is 0 Å². The molecule has 2 rings (SSSR count).